The van der Waals surface area contributed by atoms with Crippen LogP contribution < -0.4 is 5.32 Å². The van der Waals surface area contributed by atoms with Crippen LogP contribution in [0.25, 0.3) is 28.5 Å². The second-order valence-electron chi connectivity index (χ2n) is 6.41. The number of nitrogens with zero attached hydrogens (tertiary/aromatic N) is 5. The molecule has 0 amide bonds. The Balaban J connectivity index is 0.00000112. The third-order valence-electron chi connectivity index (χ3n) is 4.70. The number of halogens is 2. The summed E-state index contributed by atoms with van der Waals surface area (Å²) in [7, 11) is 0. The van der Waals surface area contributed by atoms with Crippen molar-refractivity contribution in [3.8, 4) is 28.5 Å². The molecule has 5 rings (SSSR count). The lowest BCUT2D eigenvalue weighted by Crippen LogP contribution is -2.11. The van der Waals surface area contributed by atoms with Crippen molar-refractivity contribution < 1.29 is 0 Å². The van der Waals surface area contributed by atoms with Gasteiger partial charge in [-0.3, -0.25) is 9.25 Å². The first-order valence-electron chi connectivity index (χ1n) is 8.79. The molecule has 0 atom stereocenters. The molecule has 4 heterocycles. The average molecular weight is 418 g/mol. The van der Waals surface area contributed by atoms with Crippen LogP contribution in [-0.2, 0) is 13.1 Å². The molecule has 0 bridgehead atoms. The highest BCUT2D eigenvalue weighted by Gasteiger charge is 2.16. The maximum atomic E-state index is 4.79. The average Bonchev–Trinajstić information content (AvgIpc) is 3.41. The first kappa shape index (κ1) is 20.1. The molecule has 28 heavy (non-hydrogen) atoms. The van der Waals surface area contributed by atoms with Crippen molar-refractivity contribution in [3.05, 3.63) is 60.9 Å². The topological polar surface area (TPSA) is 76.3 Å². The summed E-state index contributed by atoms with van der Waals surface area (Å²) in [6, 6.07) is 10.4. The molecule has 0 radical (unpaired) electrons. The Hall–Kier alpha value is -2.61. The summed E-state index contributed by atoms with van der Waals surface area (Å²) in [5.41, 5.74) is 5.24. The Kier molecular flexibility index (Phi) is 6.18. The van der Waals surface area contributed by atoms with Crippen molar-refractivity contribution in [2.75, 3.05) is 6.54 Å². The highest BCUT2D eigenvalue weighted by Crippen LogP contribution is 2.25. The van der Waals surface area contributed by atoms with E-state index < -0.39 is 0 Å². The Bertz CT molecular complexity index is 1010. The predicted octanol–water partition coefficient (Wildman–Crippen LogP) is 3.46. The second kappa shape index (κ2) is 8.60. The van der Waals surface area contributed by atoms with E-state index in [1.807, 2.05) is 24.7 Å². The van der Waals surface area contributed by atoms with Gasteiger partial charge in [-0.2, -0.15) is 5.10 Å². The van der Waals surface area contributed by atoms with Gasteiger partial charge in [0.2, 0.25) is 0 Å². The third-order valence-corrected chi connectivity index (χ3v) is 4.70. The van der Waals surface area contributed by atoms with E-state index in [2.05, 4.69) is 53.8 Å². The minimum atomic E-state index is 0. The molecular formula is C19H21Cl2N7. The molecule has 146 valence electrons. The van der Waals surface area contributed by atoms with E-state index in [9.17, 15) is 0 Å². The fraction of sp³-hybridized carbons (Fsp3) is 0.211. The molecular weight excluding hydrogens is 397 g/mol. The zero-order valence-corrected chi connectivity index (χ0v) is 16.7. The third kappa shape index (κ3) is 3.69. The zero-order chi connectivity index (χ0) is 17.3. The number of rotatable bonds is 3. The molecule has 0 saturated carbocycles. The summed E-state index contributed by atoms with van der Waals surface area (Å²) < 4.78 is 4.17. The van der Waals surface area contributed by atoms with E-state index in [1.165, 1.54) is 5.69 Å². The van der Waals surface area contributed by atoms with Gasteiger partial charge >= 0.3 is 0 Å². The number of H-pyrrole nitrogens is 1. The molecule has 0 saturated heterocycles. The minimum absolute atomic E-state index is 0. The van der Waals surface area contributed by atoms with E-state index in [1.54, 1.807) is 6.33 Å². The number of nitrogens with one attached hydrogen (secondary N) is 2. The summed E-state index contributed by atoms with van der Waals surface area (Å²) in [5.74, 6) is 0.854. The monoisotopic (exact) mass is 417 g/mol. The lowest BCUT2D eigenvalue weighted by atomic mass is 10.1. The number of hydrogen-bond donors (Lipinski definition) is 2. The van der Waals surface area contributed by atoms with Gasteiger partial charge in [0.05, 0.1) is 23.9 Å². The molecule has 3 aromatic heterocycles. The summed E-state index contributed by atoms with van der Waals surface area (Å²) >= 11 is 0. The Morgan fingerprint density at radius 1 is 1.11 bits per heavy atom. The number of benzene rings is 1. The Labute approximate surface area is 175 Å². The first-order chi connectivity index (χ1) is 12.9. The molecule has 0 unspecified atom stereocenters. The number of fused-ring (bicyclic) bond motifs is 1. The van der Waals surface area contributed by atoms with E-state index in [-0.39, 0.29) is 24.8 Å². The Morgan fingerprint density at radius 3 is 2.89 bits per heavy atom. The van der Waals surface area contributed by atoms with E-state index in [4.69, 9.17) is 5.10 Å². The highest BCUT2D eigenvalue weighted by atomic mass is 35.5. The molecule has 4 aromatic rings. The SMILES string of the molecule is Cl.Cl.c1cc(-c2cnc[nH]2)cc(-n2ccnc2-c2cc3n(n2)CCCNC3)c1. The molecule has 2 N–H and O–H groups in total. The molecule has 0 spiro atoms. The smallest absolute Gasteiger partial charge is 0.165 e. The van der Waals surface area contributed by atoms with Gasteiger partial charge in [0.25, 0.3) is 0 Å². The van der Waals surface area contributed by atoms with Gasteiger partial charge in [0.1, 0.15) is 5.69 Å². The molecule has 7 nitrogen and oxygen atoms in total. The van der Waals surface area contributed by atoms with Gasteiger partial charge in [0.15, 0.2) is 5.82 Å². The van der Waals surface area contributed by atoms with Crippen LogP contribution in [0.15, 0.2) is 55.2 Å². The lowest BCUT2D eigenvalue weighted by Gasteiger charge is -2.08. The summed E-state index contributed by atoms with van der Waals surface area (Å²) in [5, 5.41) is 8.22. The molecule has 1 aliphatic heterocycles. The van der Waals surface area contributed by atoms with E-state index in [0.29, 0.717) is 0 Å². The maximum absolute atomic E-state index is 4.79. The Morgan fingerprint density at radius 2 is 2.04 bits per heavy atom. The van der Waals surface area contributed by atoms with Crippen molar-refractivity contribution >= 4 is 24.8 Å². The summed E-state index contributed by atoms with van der Waals surface area (Å²) in [4.78, 5) is 11.8. The van der Waals surface area contributed by atoms with Gasteiger partial charge < -0.3 is 10.3 Å². The van der Waals surface area contributed by atoms with Crippen LogP contribution in [0.1, 0.15) is 12.1 Å². The zero-order valence-electron chi connectivity index (χ0n) is 15.1. The maximum Gasteiger partial charge on any atom is 0.165 e. The lowest BCUT2D eigenvalue weighted by molar-refractivity contribution is 0.588. The predicted molar refractivity (Wildman–Crippen MR) is 113 cm³/mol. The van der Waals surface area contributed by atoms with Crippen molar-refractivity contribution in [1.29, 1.82) is 0 Å². The van der Waals surface area contributed by atoms with Crippen LogP contribution >= 0.6 is 24.8 Å². The van der Waals surface area contributed by atoms with Gasteiger partial charge in [-0.15, -0.1) is 24.8 Å². The summed E-state index contributed by atoms with van der Waals surface area (Å²) in [6.45, 7) is 2.83. The molecule has 0 aliphatic carbocycles. The normalized spacial score (nSPS) is 13.1. The number of aromatic nitrogens is 6. The molecule has 1 aliphatic rings. The van der Waals surface area contributed by atoms with Crippen LogP contribution in [0.2, 0.25) is 0 Å². The van der Waals surface area contributed by atoms with Gasteiger partial charge in [-0.25, -0.2) is 9.97 Å². The van der Waals surface area contributed by atoms with E-state index in [0.717, 1.165) is 54.5 Å². The number of aromatic amines is 1. The highest BCUT2D eigenvalue weighted by molar-refractivity contribution is 5.85. The van der Waals surface area contributed by atoms with Crippen LogP contribution in [0.4, 0.5) is 0 Å². The van der Waals surface area contributed by atoms with Crippen LogP contribution in [0.3, 0.4) is 0 Å². The summed E-state index contributed by atoms with van der Waals surface area (Å²) in [6.07, 6.45) is 8.41. The molecule has 9 heteroatoms. The van der Waals surface area contributed by atoms with Crippen LogP contribution in [-0.4, -0.2) is 35.8 Å². The van der Waals surface area contributed by atoms with Crippen molar-refractivity contribution in [2.24, 2.45) is 0 Å². The number of hydrogen-bond acceptors (Lipinski definition) is 4. The van der Waals surface area contributed by atoms with Gasteiger partial charge in [-0.1, -0.05) is 12.1 Å². The van der Waals surface area contributed by atoms with Crippen LogP contribution in [0.5, 0.6) is 0 Å². The second-order valence-corrected chi connectivity index (χ2v) is 6.41. The standard InChI is InChI=1S/C19H19N7.2ClH/c1-3-14(18-12-21-13-23-18)9-15(4-1)25-8-6-22-19(25)17-10-16-11-20-5-2-7-26(16)24-17;;/h1,3-4,6,8-10,12-13,20H,2,5,7,11H2,(H,21,23);2*1H. The molecule has 0 fully saturated rings. The number of aryl methyl sites for hydroxylation is 1. The fourth-order valence-electron chi connectivity index (χ4n) is 3.41. The minimum Gasteiger partial charge on any atom is -0.345 e. The quantitative estimate of drug-likeness (QED) is 0.534. The first-order valence-corrected chi connectivity index (χ1v) is 8.79. The van der Waals surface area contributed by atoms with E-state index >= 15 is 0 Å². The van der Waals surface area contributed by atoms with Crippen molar-refractivity contribution in [2.45, 2.75) is 19.5 Å². The van der Waals surface area contributed by atoms with Crippen molar-refractivity contribution in [3.63, 3.8) is 0 Å². The van der Waals surface area contributed by atoms with Gasteiger partial charge in [-0.05, 0) is 31.2 Å². The van der Waals surface area contributed by atoms with Crippen molar-refractivity contribution in [1.82, 2.24) is 34.6 Å². The van der Waals surface area contributed by atoms with Crippen LogP contribution in [0, 0.1) is 0 Å². The van der Waals surface area contributed by atoms with Gasteiger partial charge in [0, 0.05) is 36.7 Å². The fourth-order valence-corrected chi connectivity index (χ4v) is 3.41. The molecule has 1 aromatic carbocycles. The largest absolute Gasteiger partial charge is 0.345 e. The number of imidazole rings is 2.